The third-order valence-electron chi connectivity index (χ3n) is 7.98. The Morgan fingerprint density at radius 1 is 0.700 bits per heavy atom. The maximum absolute atomic E-state index is 11.7. The van der Waals surface area contributed by atoms with E-state index in [1.807, 2.05) is 24.3 Å². The van der Waals surface area contributed by atoms with E-state index in [9.17, 15) is 10.2 Å². The number of nitrogens with zero attached hydrogens (tertiary/aromatic N) is 1. The van der Waals surface area contributed by atoms with Crippen molar-refractivity contribution in [1.82, 2.24) is 0 Å². The van der Waals surface area contributed by atoms with Gasteiger partial charge in [0.1, 0.15) is 0 Å². The molecule has 0 bridgehead atoms. The fourth-order valence-corrected chi connectivity index (χ4v) is 9.33. The first kappa shape index (κ1) is 30.6. The van der Waals surface area contributed by atoms with Gasteiger partial charge in [0.05, 0.1) is 0 Å². The van der Waals surface area contributed by atoms with Crippen LogP contribution in [0.4, 0.5) is 0 Å². The van der Waals surface area contributed by atoms with Crippen molar-refractivity contribution in [3.63, 3.8) is 0 Å². The fraction of sp³-hybridized carbons (Fsp3) is 0.472. The van der Waals surface area contributed by atoms with Gasteiger partial charge in [-0.2, -0.15) is 0 Å². The van der Waals surface area contributed by atoms with Crippen LogP contribution in [0.1, 0.15) is 104 Å². The molecule has 0 aliphatic heterocycles. The summed E-state index contributed by atoms with van der Waals surface area (Å²) in [5.41, 5.74) is 6.44. The molecule has 1 aliphatic rings. The van der Waals surface area contributed by atoms with Crippen molar-refractivity contribution in [3.05, 3.63) is 71.3 Å². The van der Waals surface area contributed by atoms with E-state index in [4.69, 9.17) is 3.50 Å². The zero-order chi connectivity index (χ0) is 29.2. The number of benzene rings is 3. The van der Waals surface area contributed by atoms with Crippen LogP contribution in [-0.2, 0) is 28.7 Å². The van der Waals surface area contributed by atoms with Crippen molar-refractivity contribution in [2.24, 2.45) is 9.41 Å². The SMILES string of the molecule is CC(C)[C](=[W]=[N]C1CCCCC1)c1c(-c2cccc(C(C)(C)C)c2O)cccc1-c1cccc(C(C)(C)C)c1O. The summed E-state index contributed by atoms with van der Waals surface area (Å²) in [6, 6.07) is 19.1. The Labute approximate surface area is 250 Å². The number of rotatable bonds is 5. The Bertz CT molecular complexity index is 1340. The number of phenols is 2. The second-order valence-electron chi connectivity index (χ2n) is 13.6. The van der Waals surface area contributed by atoms with Crippen LogP contribution in [0.25, 0.3) is 22.3 Å². The minimum atomic E-state index is -1.26. The molecule has 4 heteroatoms. The van der Waals surface area contributed by atoms with Gasteiger partial charge in [0.25, 0.3) is 0 Å². The predicted molar refractivity (Wildman–Crippen MR) is 166 cm³/mol. The molecule has 0 spiro atoms. The van der Waals surface area contributed by atoms with Crippen LogP contribution < -0.4 is 0 Å². The van der Waals surface area contributed by atoms with Crippen LogP contribution in [0, 0.1) is 5.92 Å². The molecule has 1 fully saturated rings. The summed E-state index contributed by atoms with van der Waals surface area (Å²) in [6.45, 7) is 17.4. The van der Waals surface area contributed by atoms with Gasteiger partial charge in [0, 0.05) is 0 Å². The van der Waals surface area contributed by atoms with Gasteiger partial charge in [-0.05, 0) is 0 Å². The zero-order valence-corrected chi connectivity index (χ0v) is 28.6. The summed E-state index contributed by atoms with van der Waals surface area (Å²) in [5, 5.41) is 23.3. The van der Waals surface area contributed by atoms with Crippen molar-refractivity contribution >= 4 is 3.90 Å². The van der Waals surface area contributed by atoms with Gasteiger partial charge in [-0.1, -0.05) is 0 Å². The van der Waals surface area contributed by atoms with Crippen LogP contribution in [0.3, 0.4) is 0 Å². The van der Waals surface area contributed by atoms with E-state index >= 15 is 0 Å². The van der Waals surface area contributed by atoms with Gasteiger partial charge >= 0.3 is 251 Å². The zero-order valence-electron chi connectivity index (χ0n) is 25.6. The number of phenolic OH excluding ortho intramolecular Hbond substituents is 2. The molecule has 40 heavy (non-hydrogen) atoms. The van der Waals surface area contributed by atoms with E-state index in [-0.39, 0.29) is 10.8 Å². The first-order valence-electron chi connectivity index (χ1n) is 14.8. The van der Waals surface area contributed by atoms with Crippen LogP contribution in [0.5, 0.6) is 11.5 Å². The number of hydrogen-bond donors (Lipinski definition) is 2. The second-order valence-corrected chi connectivity index (χ2v) is 16.6. The topological polar surface area (TPSA) is 52.8 Å². The van der Waals surface area contributed by atoms with Crippen LogP contribution >= 0.6 is 0 Å². The molecule has 0 heterocycles. The fourth-order valence-electron chi connectivity index (χ4n) is 5.76. The van der Waals surface area contributed by atoms with E-state index in [1.165, 1.54) is 36.0 Å². The number of aromatic hydroxyl groups is 2. The summed E-state index contributed by atoms with van der Waals surface area (Å²) in [7, 11) is 0. The van der Waals surface area contributed by atoms with E-state index in [2.05, 4.69) is 85.7 Å². The third kappa shape index (κ3) is 6.57. The third-order valence-corrected chi connectivity index (χ3v) is 12.6. The molecule has 0 saturated heterocycles. The minimum absolute atomic E-state index is 0.186. The summed E-state index contributed by atoms with van der Waals surface area (Å²) in [5.74, 6) is 1.01. The van der Waals surface area contributed by atoms with Gasteiger partial charge < -0.3 is 0 Å². The quantitative estimate of drug-likeness (QED) is 0.277. The first-order valence-corrected chi connectivity index (χ1v) is 17.6. The molecule has 0 aromatic heterocycles. The molecule has 1 aliphatic carbocycles. The van der Waals surface area contributed by atoms with Crippen molar-refractivity contribution in [2.45, 2.75) is 104 Å². The van der Waals surface area contributed by atoms with Gasteiger partial charge in [0.2, 0.25) is 0 Å². The van der Waals surface area contributed by atoms with Gasteiger partial charge in [-0.25, -0.2) is 0 Å². The van der Waals surface area contributed by atoms with Crippen molar-refractivity contribution in [3.8, 4) is 33.8 Å². The Balaban J connectivity index is 2.08. The Morgan fingerprint density at radius 3 is 1.55 bits per heavy atom. The normalized spacial score (nSPS) is 14.8. The Morgan fingerprint density at radius 2 is 1.12 bits per heavy atom. The van der Waals surface area contributed by atoms with Gasteiger partial charge in [-0.3, -0.25) is 0 Å². The van der Waals surface area contributed by atoms with Crippen LogP contribution in [-0.4, -0.2) is 20.2 Å². The molecule has 214 valence electrons. The van der Waals surface area contributed by atoms with Crippen molar-refractivity contribution in [1.29, 1.82) is 0 Å². The van der Waals surface area contributed by atoms with Crippen LogP contribution in [0.15, 0.2) is 58.1 Å². The Kier molecular flexibility index (Phi) is 9.35. The monoisotopic (exact) mass is 709 g/mol. The van der Waals surface area contributed by atoms with Crippen LogP contribution in [0.2, 0.25) is 0 Å². The van der Waals surface area contributed by atoms with Crippen molar-refractivity contribution < 1.29 is 28.1 Å². The molecule has 0 radical (unpaired) electrons. The molecular formula is C36H47NO2W. The molecule has 1 saturated carbocycles. The van der Waals surface area contributed by atoms with E-state index in [1.54, 1.807) is 0 Å². The molecule has 0 atom stereocenters. The van der Waals surface area contributed by atoms with E-state index < -0.39 is 17.9 Å². The Hall–Kier alpha value is -2.38. The molecule has 4 rings (SSSR count). The number of para-hydroxylation sites is 2. The average molecular weight is 710 g/mol. The molecule has 0 unspecified atom stereocenters. The summed E-state index contributed by atoms with van der Waals surface area (Å²) < 4.78 is 6.83. The molecule has 3 nitrogen and oxygen atoms in total. The standard InChI is InChI=1S/C30H36O2.C6H11N.W/c1-19(2)18-24-20(22-14-10-16-25(27(22)31)29(3,4)5)12-9-13-21(24)23-15-11-17-26(28(23)32)30(6,7)8;7-6-4-2-1-3-5-6;/h9-17,19,31-32H,1-8H3;6H,1-5H2;. The first-order chi connectivity index (χ1) is 18.8. The van der Waals surface area contributed by atoms with E-state index in [0.29, 0.717) is 23.5 Å². The van der Waals surface area contributed by atoms with Crippen molar-refractivity contribution in [2.75, 3.05) is 0 Å². The summed E-state index contributed by atoms with van der Waals surface area (Å²) in [4.78, 5) is 0. The molecule has 3 aromatic rings. The van der Waals surface area contributed by atoms with Gasteiger partial charge in [-0.15, -0.1) is 0 Å². The molecule has 0 amide bonds. The molecule has 2 N–H and O–H groups in total. The summed E-state index contributed by atoms with van der Waals surface area (Å²) >= 11 is -1.26. The van der Waals surface area contributed by atoms with E-state index in [0.717, 1.165) is 38.9 Å². The molecule has 3 aromatic carbocycles. The van der Waals surface area contributed by atoms with Gasteiger partial charge in [0.15, 0.2) is 0 Å². The number of hydrogen-bond acceptors (Lipinski definition) is 3. The summed E-state index contributed by atoms with van der Waals surface area (Å²) in [6.07, 6.45) is 6.32. The second kappa shape index (κ2) is 12.2. The predicted octanol–water partition coefficient (Wildman–Crippen LogP) is 9.80. The molecular weight excluding hydrogens is 662 g/mol. The average Bonchev–Trinajstić information content (AvgIpc) is 2.88. The maximum atomic E-state index is 11.7.